The van der Waals surface area contributed by atoms with Crippen molar-refractivity contribution in [2.75, 3.05) is 7.11 Å². The van der Waals surface area contributed by atoms with Crippen molar-refractivity contribution in [3.8, 4) is 16.3 Å². The maximum Gasteiger partial charge on any atom is 0.341 e. The smallest absolute Gasteiger partial charge is 0.341 e. The topological polar surface area (TPSA) is 74.4 Å². The predicted octanol–water partition coefficient (Wildman–Crippen LogP) is 2.47. The third-order valence-corrected chi connectivity index (χ3v) is 3.90. The number of rotatable bonds is 3. The largest absolute Gasteiger partial charge is 0.465 e. The van der Waals surface area contributed by atoms with Crippen molar-refractivity contribution in [3.05, 3.63) is 34.3 Å². The summed E-state index contributed by atoms with van der Waals surface area (Å²) in [5.41, 5.74) is 1.92. The van der Waals surface area contributed by atoms with E-state index in [0.29, 0.717) is 5.56 Å². The molecular weight excluding hydrogens is 264 g/mol. The zero-order valence-electron chi connectivity index (χ0n) is 10.9. The molecule has 0 saturated heterocycles. The minimum atomic E-state index is -0.493. The molecule has 19 heavy (non-hydrogen) atoms. The van der Waals surface area contributed by atoms with Gasteiger partial charge < -0.3 is 9.57 Å². The van der Waals surface area contributed by atoms with Crippen LogP contribution in [-0.4, -0.2) is 18.1 Å². The van der Waals surface area contributed by atoms with E-state index < -0.39 is 5.97 Å². The molecule has 0 bridgehead atoms. The quantitative estimate of drug-likeness (QED) is 0.689. The van der Waals surface area contributed by atoms with Crippen LogP contribution in [0, 0.1) is 13.8 Å². The van der Waals surface area contributed by atoms with Crippen LogP contribution in [-0.2, 0) is 4.74 Å². The second-order valence-corrected chi connectivity index (χ2v) is 5.16. The lowest BCUT2D eigenvalue weighted by atomic mass is 10.1. The van der Waals surface area contributed by atoms with E-state index >= 15 is 0 Å². The first-order chi connectivity index (χ1) is 9.08. The molecule has 1 aromatic heterocycles. The molecule has 100 valence electrons. The summed E-state index contributed by atoms with van der Waals surface area (Å²) in [6.07, 6.45) is 0. The normalized spacial score (nSPS) is 10.3. The number of carbonyl (C=O) groups excluding carboxylic acids is 1. The highest BCUT2D eigenvalue weighted by molar-refractivity contribution is 7.15. The maximum absolute atomic E-state index is 11.7. The molecule has 0 aliphatic carbocycles. The van der Waals surface area contributed by atoms with E-state index in [9.17, 15) is 4.79 Å². The van der Waals surface area contributed by atoms with Crippen LogP contribution in [0.5, 0.6) is 5.75 Å². The molecular formula is C13H14N2O3S. The van der Waals surface area contributed by atoms with Gasteiger partial charge in [-0.25, -0.2) is 9.78 Å². The summed E-state index contributed by atoms with van der Waals surface area (Å²) in [6, 6.07) is 5.16. The lowest BCUT2D eigenvalue weighted by Crippen LogP contribution is -2.10. The number of thiazole rings is 1. The Kier molecular flexibility index (Phi) is 3.82. The fourth-order valence-electron chi connectivity index (χ4n) is 1.69. The Balaban J connectivity index is 2.60. The van der Waals surface area contributed by atoms with Gasteiger partial charge >= 0.3 is 5.97 Å². The fraction of sp³-hybridized carbons (Fsp3) is 0.231. The second kappa shape index (κ2) is 5.38. The lowest BCUT2D eigenvalue weighted by molar-refractivity contribution is 0.0596. The van der Waals surface area contributed by atoms with Crippen LogP contribution in [0.3, 0.4) is 0 Å². The first-order valence-corrected chi connectivity index (χ1v) is 6.42. The van der Waals surface area contributed by atoms with Crippen molar-refractivity contribution in [2.45, 2.75) is 13.8 Å². The Hall–Kier alpha value is -1.92. The van der Waals surface area contributed by atoms with Gasteiger partial charge in [0, 0.05) is 4.88 Å². The molecule has 2 rings (SSSR count). The molecule has 0 fully saturated rings. The molecule has 2 N–H and O–H groups in total. The molecule has 1 aromatic carbocycles. The third kappa shape index (κ3) is 2.45. The standard InChI is InChI=1S/C13H14N2O3S/c1-7-8(2)19-12(15-7)9-5-4-6-10(11(9)18-14)13(16)17-3/h4-6H,14H2,1-3H3. The van der Waals surface area contributed by atoms with E-state index in [-0.39, 0.29) is 11.3 Å². The molecule has 6 heteroatoms. The first-order valence-electron chi connectivity index (χ1n) is 5.61. The first kappa shape index (κ1) is 13.5. The Morgan fingerprint density at radius 1 is 1.37 bits per heavy atom. The zero-order chi connectivity index (χ0) is 14.0. The number of hydrogen-bond acceptors (Lipinski definition) is 6. The van der Waals surface area contributed by atoms with Crippen molar-refractivity contribution < 1.29 is 14.4 Å². The number of nitrogens with two attached hydrogens (primary N) is 1. The van der Waals surface area contributed by atoms with Crippen LogP contribution in [0.2, 0.25) is 0 Å². The van der Waals surface area contributed by atoms with Crippen LogP contribution >= 0.6 is 11.3 Å². The number of ether oxygens (including phenoxy) is 1. The maximum atomic E-state index is 11.7. The molecule has 1 heterocycles. The lowest BCUT2D eigenvalue weighted by Gasteiger charge is -2.09. The molecule has 0 aliphatic rings. The fourth-order valence-corrected chi connectivity index (χ4v) is 2.63. The summed E-state index contributed by atoms with van der Waals surface area (Å²) >= 11 is 1.53. The number of benzene rings is 1. The number of hydrogen-bond donors (Lipinski definition) is 1. The van der Waals surface area contributed by atoms with Crippen LogP contribution in [0.1, 0.15) is 20.9 Å². The molecule has 0 unspecified atom stereocenters. The van der Waals surface area contributed by atoms with Gasteiger partial charge in [-0.2, -0.15) is 5.90 Å². The van der Waals surface area contributed by atoms with Gasteiger partial charge in [0.15, 0.2) is 5.75 Å². The van der Waals surface area contributed by atoms with E-state index in [1.807, 2.05) is 19.9 Å². The van der Waals surface area contributed by atoms with Crippen LogP contribution in [0.4, 0.5) is 0 Å². The van der Waals surface area contributed by atoms with E-state index in [1.165, 1.54) is 18.4 Å². The predicted molar refractivity (Wildman–Crippen MR) is 73.2 cm³/mol. The van der Waals surface area contributed by atoms with Gasteiger partial charge in [0.25, 0.3) is 0 Å². The second-order valence-electron chi connectivity index (χ2n) is 3.95. The van der Waals surface area contributed by atoms with Crippen LogP contribution in [0.25, 0.3) is 10.6 Å². The van der Waals surface area contributed by atoms with Crippen molar-refractivity contribution in [1.82, 2.24) is 4.98 Å². The molecule has 5 nitrogen and oxygen atoms in total. The average molecular weight is 278 g/mol. The van der Waals surface area contributed by atoms with Crippen molar-refractivity contribution in [1.29, 1.82) is 0 Å². The van der Waals surface area contributed by atoms with E-state index in [1.54, 1.807) is 12.1 Å². The van der Waals surface area contributed by atoms with Gasteiger partial charge in [-0.05, 0) is 26.0 Å². The molecule has 2 aromatic rings. The van der Waals surface area contributed by atoms with Crippen molar-refractivity contribution >= 4 is 17.3 Å². The molecule has 0 aliphatic heterocycles. The van der Waals surface area contributed by atoms with E-state index in [4.69, 9.17) is 15.5 Å². The molecule has 0 atom stereocenters. The SMILES string of the molecule is COC(=O)c1cccc(-c2nc(C)c(C)s2)c1ON. The molecule has 0 radical (unpaired) electrons. The van der Waals surface area contributed by atoms with Crippen LogP contribution < -0.4 is 10.7 Å². The van der Waals surface area contributed by atoms with Gasteiger partial charge in [0.1, 0.15) is 10.6 Å². The highest BCUT2D eigenvalue weighted by atomic mass is 32.1. The number of carbonyl (C=O) groups is 1. The average Bonchev–Trinajstić information content (AvgIpc) is 2.76. The monoisotopic (exact) mass is 278 g/mol. The summed E-state index contributed by atoms with van der Waals surface area (Å²) in [4.78, 5) is 22.1. The summed E-state index contributed by atoms with van der Waals surface area (Å²) in [5, 5.41) is 0.765. The van der Waals surface area contributed by atoms with E-state index in [2.05, 4.69) is 4.98 Å². The van der Waals surface area contributed by atoms with Gasteiger partial charge in [0.2, 0.25) is 0 Å². The van der Waals surface area contributed by atoms with Gasteiger partial charge in [-0.1, -0.05) is 6.07 Å². The van der Waals surface area contributed by atoms with Gasteiger partial charge in [0.05, 0.1) is 18.4 Å². The minimum Gasteiger partial charge on any atom is -0.465 e. The number of aryl methyl sites for hydroxylation is 2. The number of methoxy groups -OCH3 is 1. The van der Waals surface area contributed by atoms with Crippen molar-refractivity contribution in [2.24, 2.45) is 5.90 Å². The van der Waals surface area contributed by atoms with E-state index in [0.717, 1.165) is 15.6 Å². The summed E-state index contributed by atoms with van der Waals surface area (Å²) < 4.78 is 4.71. The molecule has 0 amide bonds. The Bertz CT molecular complexity index is 603. The van der Waals surface area contributed by atoms with Gasteiger partial charge in [-0.15, -0.1) is 11.3 Å². The summed E-state index contributed by atoms with van der Waals surface area (Å²) in [7, 11) is 1.31. The molecule has 0 saturated carbocycles. The Labute approximate surface area is 114 Å². The highest BCUT2D eigenvalue weighted by Crippen LogP contribution is 2.36. The van der Waals surface area contributed by atoms with Crippen LogP contribution in [0.15, 0.2) is 18.2 Å². The highest BCUT2D eigenvalue weighted by Gasteiger charge is 2.19. The number of esters is 1. The molecule has 0 spiro atoms. The minimum absolute atomic E-state index is 0.281. The number of para-hydroxylation sites is 1. The summed E-state index contributed by atoms with van der Waals surface area (Å²) in [6.45, 7) is 3.92. The van der Waals surface area contributed by atoms with Crippen molar-refractivity contribution in [3.63, 3.8) is 0 Å². The van der Waals surface area contributed by atoms with Gasteiger partial charge in [-0.3, -0.25) is 0 Å². The zero-order valence-corrected chi connectivity index (χ0v) is 11.7. The Morgan fingerprint density at radius 3 is 2.63 bits per heavy atom. The number of nitrogens with zero attached hydrogens (tertiary/aromatic N) is 1. The third-order valence-electron chi connectivity index (χ3n) is 2.80. The Morgan fingerprint density at radius 2 is 2.11 bits per heavy atom. The summed E-state index contributed by atoms with van der Waals surface area (Å²) in [5.74, 6) is 5.08. The number of aromatic nitrogens is 1.